The van der Waals surface area contributed by atoms with Crippen molar-refractivity contribution in [3.63, 3.8) is 0 Å². The molecule has 0 bridgehead atoms. The van der Waals surface area contributed by atoms with Gasteiger partial charge in [-0.25, -0.2) is 0 Å². The van der Waals surface area contributed by atoms with E-state index in [0.717, 1.165) is 49.8 Å². The molecule has 5 nitrogen and oxygen atoms in total. The molecule has 1 saturated heterocycles. The first-order valence-electron chi connectivity index (χ1n) is 9.35. The van der Waals surface area contributed by atoms with Crippen molar-refractivity contribution in [2.75, 3.05) is 38.3 Å². The van der Waals surface area contributed by atoms with E-state index < -0.39 is 0 Å². The summed E-state index contributed by atoms with van der Waals surface area (Å²) in [5.41, 5.74) is 5.36. The number of amides is 1. The number of aryl methyl sites for hydroxylation is 1. The van der Waals surface area contributed by atoms with Crippen molar-refractivity contribution in [3.8, 4) is 0 Å². The minimum atomic E-state index is 0.0783. The van der Waals surface area contributed by atoms with Crippen molar-refractivity contribution in [1.29, 1.82) is 0 Å². The average Bonchev–Trinajstić information content (AvgIpc) is 2.95. The Morgan fingerprint density at radius 1 is 1.19 bits per heavy atom. The van der Waals surface area contributed by atoms with E-state index in [4.69, 9.17) is 4.74 Å². The molecule has 0 saturated carbocycles. The fourth-order valence-electron chi connectivity index (χ4n) is 3.79. The molecule has 0 unspecified atom stereocenters. The number of morpholine rings is 1. The number of aromatic nitrogens is 1. The fraction of sp³-hybridized carbons (Fsp3) is 0.476. The smallest absolute Gasteiger partial charge is 0.255 e. The first-order chi connectivity index (χ1) is 12.5. The first kappa shape index (κ1) is 18.5. The van der Waals surface area contributed by atoms with Crippen LogP contribution in [0.25, 0.3) is 0 Å². The maximum Gasteiger partial charge on any atom is 0.255 e. The molecule has 1 aromatic heterocycles. The molecule has 140 valence electrons. The summed E-state index contributed by atoms with van der Waals surface area (Å²) < 4.78 is 7.65. The molecule has 0 aliphatic carbocycles. The maximum absolute atomic E-state index is 13.0. The lowest BCUT2D eigenvalue weighted by Gasteiger charge is -2.31. The van der Waals surface area contributed by atoms with Gasteiger partial charge in [-0.2, -0.15) is 0 Å². The molecule has 0 atom stereocenters. The van der Waals surface area contributed by atoms with Gasteiger partial charge in [-0.3, -0.25) is 4.79 Å². The largest absolute Gasteiger partial charge is 0.378 e. The molecule has 3 rings (SSSR count). The van der Waals surface area contributed by atoms with Gasteiger partial charge in [-0.1, -0.05) is 18.2 Å². The van der Waals surface area contributed by atoms with E-state index in [0.29, 0.717) is 6.54 Å². The number of hydrogen-bond acceptors (Lipinski definition) is 3. The standard InChI is InChI=1S/C21H29N3O2/c1-5-24-16(2)14-19(17(24)3)21(25)22(4)15-18-8-6-7-9-20(18)23-10-12-26-13-11-23/h6-9,14H,5,10-13,15H2,1-4H3. The van der Waals surface area contributed by atoms with Crippen molar-refractivity contribution < 1.29 is 9.53 Å². The summed E-state index contributed by atoms with van der Waals surface area (Å²) in [5, 5.41) is 0. The zero-order valence-electron chi connectivity index (χ0n) is 16.3. The van der Waals surface area contributed by atoms with Crippen LogP contribution >= 0.6 is 0 Å². The van der Waals surface area contributed by atoms with Gasteiger partial charge in [-0.05, 0) is 38.5 Å². The summed E-state index contributed by atoms with van der Waals surface area (Å²) in [7, 11) is 1.89. The number of nitrogens with zero attached hydrogens (tertiary/aromatic N) is 3. The number of hydrogen-bond donors (Lipinski definition) is 0. The van der Waals surface area contributed by atoms with Gasteiger partial charge in [-0.15, -0.1) is 0 Å². The Morgan fingerprint density at radius 2 is 1.88 bits per heavy atom. The molecule has 2 aromatic rings. The molecule has 1 aliphatic heterocycles. The molecule has 2 heterocycles. The Hall–Kier alpha value is -2.27. The summed E-state index contributed by atoms with van der Waals surface area (Å²) >= 11 is 0. The normalized spacial score (nSPS) is 14.5. The van der Waals surface area contributed by atoms with Crippen molar-refractivity contribution in [3.05, 3.63) is 52.8 Å². The van der Waals surface area contributed by atoms with Crippen LogP contribution in [0.5, 0.6) is 0 Å². The second-order valence-corrected chi connectivity index (χ2v) is 6.92. The molecule has 1 aromatic carbocycles. The highest BCUT2D eigenvalue weighted by Gasteiger charge is 2.21. The lowest BCUT2D eigenvalue weighted by atomic mass is 10.1. The average molecular weight is 355 g/mol. The van der Waals surface area contributed by atoms with Crippen molar-refractivity contribution >= 4 is 11.6 Å². The molecule has 26 heavy (non-hydrogen) atoms. The topological polar surface area (TPSA) is 37.7 Å². The Labute approximate surface area is 156 Å². The highest BCUT2D eigenvalue weighted by atomic mass is 16.5. The van der Waals surface area contributed by atoms with Gasteiger partial charge in [0.25, 0.3) is 5.91 Å². The highest BCUT2D eigenvalue weighted by Crippen LogP contribution is 2.24. The van der Waals surface area contributed by atoms with E-state index >= 15 is 0 Å². The van der Waals surface area contributed by atoms with E-state index in [1.165, 1.54) is 11.3 Å². The number of para-hydroxylation sites is 1. The second-order valence-electron chi connectivity index (χ2n) is 6.92. The molecular formula is C21H29N3O2. The van der Waals surface area contributed by atoms with E-state index in [1.54, 1.807) is 0 Å². The van der Waals surface area contributed by atoms with Gasteiger partial charge in [0.05, 0.1) is 18.8 Å². The molecule has 1 fully saturated rings. The van der Waals surface area contributed by atoms with Crippen LogP contribution in [0.3, 0.4) is 0 Å². The summed E-state index contributed by atoms with van der Waals surface area (Å²) in [5.74, 6) is 0.0783. The van der Waals surface area contributed by atoms with Gasteiger partial charge in [0.2, 0.25) is 0 Å². The third-order valence-electron chi connectivity index (χ3n) is 5.22. The molecule has 0 radical (unpaired) electrons. The van der Waals surface area contributed by atoms with E-state index in [2.05, 4.69) is 41.5 Å². The zero-order valence-corrected chi connectivity index (χ0v) is 16.3. The third-order valence-corrected chi connectivity index (χ3v) is 5.22. The lowest BCUT2D eigenvalue weighted by Crippen LogP contribution is -2.37. The molecule has 0 N–H and O–H groups in total. The van der Waals surface area contributed by atoms with Crippen molar-refractivity contribution in [1.82, 2.24) is 9.47 Å². The van der Waals surface area contributed by atoms with Crippen molar-refractivity contribution in [2.24, 2.45) is 0 Å². The number of benzene rings is 1. The van der Waals surface area contributed by atoms with Gasteiger partial charge in [0.1, 0.15) is 0 Å². The monoisotopic (exact) mass is 355 g/mol. The van der Waals surface area contributed by atoms with E-state index in [9.17, 15) is 4.79 Å². The highest BCUT2D eigenvalue weighted by molar-refractivity contribution is 5.95. The summed E-state index contributed by atoms with van der Waals surface area (Å²) in [6.07, 6.45) is 0. The Morgan fingerprint density at radius 3 is 2.54 bits per heavy atom. The predicted octanol–water partition coefficient (Wildman–Crippen LogP) is 3.23. The minimum absolute atomic E-state index is 0.0783. The molecule has 1 amide bonds. The van der Waals surface area contributed by atoms with Crippen LogP contribution in [-0.2, 0) is 17.8 Å². The number of ether oxygens (including phenoxy) is 1. The lowest BCUT2D eigenvalue weighted by molar-refractivity contribution is 0.0784. The quantitative estimate of drug-likeness (QED) is 0.826. The minimum Gasteiger partial charge on any atom is -0.378 e. The molecule has 5 heteroatoms. The van der Waals surface area contributed by atoms with Crippen LogP contribution in [0.4, 0.5) is 5.69 Å². The molecular weight excluding hydrogens is 326 g/mol. The van der Waals surface area contributed by atoms with Crippen molar-refractivity contribution in [2.45, 2.75) is 33.9 Å². The zero-order chi connectivity index (χ0) is 18.7. The first-order valence-corrected chi connectivity index (χ1v) is 9.35. The maximum atomic E-state index is 13.0. The predicted molar refractivity (Wildman–Crippen MR) is 105 cm³/mol. The molecule has 1 aliphatic rings. The number of carbonyl (C=O) groups excluding carboxylic acids is 1. The third kappa shape index (κ3) is 3.63. The van der Waals surface area contributed by atoms with Crippen LogP contribution in [0, 0.1) is 13.8 Å². The van der Waals surface area contributed by atoms with Crippen LogP contribution < -0.4 is 4.90 Å². The Kier molecular flexibility index (Phi) is 5.67. The van der Waals surface area contributed by atoms with Gasteiger partial charge >= 0.3 is 0 Å². The SMILES string of the molecule is CCn1c(C)cc(C(=O)N(C)Cc2ccccc2N2CCOCC2)c1C. The fourth-order valence-corrected chi connectivity index (χ4v) is 3.79. The van der Waals surface area contributed by atoms with Crippen LogP contribution in [0.15, 0.2) is 30.3 Å². The molecule has 0 spiro atoms. The summed E-state index contributed by atoms with van der Waals surface area (Å²) in [6.45, 7) is 11.0. The van der Waals surface area contributed by atoms with Gasteiger partial charge in [0.15, 0.2) is 0 Å². The van der Waals surface area contributed by atoms with E-state index in [-0.39, 0.29) is 5.91 Å². The number of carbonyl (C=O) groups is 1. The summed E-state index contributed by atoms with van der Waals surface area (Å²) in [4.78, 5) is 17.2. The van der Waals surface area contributed by atoms with Crippen LogP contribution in [0.1, 0.15) is 34.2 Å². The van der Waals surface area contributed by atoms with Crippen LogP contribution in [-0.4, -0.2) is 48.7 Å². The number of anilines is 1. The van der Waals surface area contributed by atoms with Crippen LogP contribution in [0.2, 0.25) is 0 Å². The van der Waals surface area contributed by atoms with Gasteiger partial charge in [0, 0.05) is 50.3 Å². The Bertz CT molecular complexity index is 776. The number of rotatable bonds is 5. The summed E-state index contributed by atoms with van der Waals surface area (Å²) in [6, 6.07) is 10.4. The Balaban J connectivity index is 1.80. The van der Waals surface area contributed by atoms with E-state index in [1.807, 2.05) is 31.0 Å². The van der Waals surface area contributed by atoms with Gasteiger partial charge < -0.3 is 19.1 Å². The second kappa shape index (κ2) is 7.96.